The highest BCUT2D eigenvalue weighted by Crippen LogP contribution is 2.30. The number of carboxylic acids is 1. The number of hydrogen-bond donors (Lipinski definition) is 1. The maximum absolute atomic E-state index is 11.4. The number of aromatic carboxylic acids is 1. The van der Waals surface area contributed by atoms with Gasteiger partial charge < -0.3 is 10.0 Å². The molecule has 0 radical (unpaired) electrons. The van der Waals surface area contributed by atoms with Crippen molar-refractivity contribution in [2.24, 2.45) is 0 Å². The first-order valence-corrected chi connectivity index (χ1v) is 8.42. The number of carboxylic acid groups (broad SMARTS) is 1. The van der Waals surface area contributed by atoms with Crippen LogP contribution in [0.2, 0.25) is 0 Å². The molecule has 0 aromatic carbocycles. The molecular weight excluding hydrogens is 272 g/mol. The van der Waals surface area contributed by atoms with E-state index in [1.807, 2.05) is 0 Å². The number of aromatic nitrogens is 1. The van der Waals surface area contributed by atoms with Crippen molar-refractivity contribution in [3.63, 3.8) is 0 Å². The molecule has 0 unspecified atom stereocenters. The molecule has 2 heterocycles. The summed E-state index contributed by atoms with van der Waals surface area (Å²) in [7, 11) is 0. The summed E-state index contributed by atoms with van der Waals surface area (Å²) >= 11 is 1.37. The fraction of sp³-hybridized carbons (Fsp3) is 0.733. The predicted octanol–water partition coefficient (Wildman–Crippen LogP) is 3.38. The Morgan fingerprint density at radius 1 is 1.35 bits per heavy atom. The highest BCUT2D eigenvalue weighted by atomic mass is 32.1. The van der Waals surface area contributed by atoms with Crippen LogP contribution >= 0.6 is 11.3 Å². The SMILES string of the molecule is CCC(CC)c1nc(CCN2CCCC2)sc1C(=O)O. The lowest BCUT2D eigenvalue weighted by molar-refractivity contribution is 0.0700. The van der Waals surface area contributed by atoms with Gasteiger partial charge >= 0.3 is 5.97 Å². The smallest absolute Gasteiger partial charge is 0.347 e. The molecule has 5 heteroatoms. The molecule has 0 spiro atoms. The van der Waals surface area contributed by atoms with Gasteiger partial charge in [0.15, 0.2) is 0 Å². The van der Waals surface area contributed by atoms with Crippen LogP contribution in [0.3, 0.4) is 0 Å². The topological polar surface area (TPSA) is 53.4 Å². The zero-order valence-electron chi connectivity index (χ0n) is 12.4. The third kappa shape index (κ3) is 3.58. The molecule has 112 valence electrons. The average molecular weight is 296 g/mol. The fourth-order valence-electron chi connectivity index (χ4n) is 2.85. The monoisotopic (exact) mass is 296 g/mol. The van der Waals surface area contributed by atoms with E-state index >= 15 is 0 Å². The van der Waals surface area contributed by atoms with E-state index in [9.17, 15) is 9.90 Å². The largest absolute Gasteiger partial charge is 0.477 e. The molecule has 1 aliphatic heterocycles. The standard InChI is InChI=1S/C15H24N2O2S/c1-3-11(4-2)13-14(15(18)19)20-12(16-13)7-10-17-8-5-6-9-17/h11H,3-10H2,1-2H3,(H,18,19). The minimum Gasteiger partial charge on any atom is -0.477 e. The van der Waals surface area contributed by atoms with E-state index in [4.69, 9.17) is 0 Å². The zero-order valence-corrected chi connectivity index (χ0v) is 13.2. The first-order valence-electron chi connectivity index (χ1n) is 7.60. The number of likely N-dealkylation sites (tertiary alicyclic amines) is 1. The van der Waals surface area contributed by atoms with Crippen LogP contribution in [0.5, 0.6) is 0 Å². The summed E-state index contributed by atoms with van der Waals surface area (Å²) in [5, 5.41) is 10.3. The molecule has 20 heavy (non-hydrogen) atoms. The summed E-state index contributed by atoms with van der Waals surface area (Å²) < 4.78 is 0. The third-order valence-electron chi connectivity index (χ3n) is 4.10. The quantitative estimate of drug-likeness (QED) is 0.838. The van der Waals surface area contributed by atoms with Gasteiger partial charge in [-0.2, -0.15) is 0 Å². The van der Waals surface area contributed by atoms with Gasteiger partial charge in [0.05, 0.1) is 10.7 Å². The molecule has 1 aromatic heterocycles. The van der Waals surface area contributed by atoms with E-state index in [-0.39, 0.29) is 5.92 Å². The molecule has 0 amide bonds. The number of hydrogen-bond acceptors (Lipinski definition) is 4. The fourth-order valence-corrected chi connectivity index (χ4v) is 3.83. The molecule has 2 rings (SSSR count). The second kappa shape index (κ2) is 7.18. The lowest BCUT2D eigenvalue weighted by atomic mass is 9.98. The predicted molar refractivity (Wildman–Crippen MR) is 81.8 cm³/mol. The van der Waals surface area contributed by atoms with Crippen LogP contribution in [0.4, 0.5) is 0 Å². The Labute approximate surface area is 124 Å². The van der Waals surface area contributed by atoms with Crippen LogP contribution in [-0.4, -0.2) is 40.6 Å². The molecule has 0 atom stereocenters. The molecule has 1 aromatic rings. The van der Waals surface area contributed by atoms with E-state index in [0.717, 1.165) is 36.5 Å². The molecule has 1 aliphatic rings. The van der Waals surface area contributed by atoms with Crippen LogP contribution in [0.1, 0.15) is 65.8 Å². The summed E-state index contributed by atoms with van der Waals surface area (Å²) in [6, 6.07) is 0. The Morgan fingerprint density at radius 2 is 2.00 bits per heavy atom. The first-order chi connectivity index (χ1) is 9.65. The lowest BCUT2D eigenvalue weighted by Gasteiger charge is -2.12. The van der Waals surface area contributed by atoms with Crippen molar-refractivity contribution >= 4 is 17.3 Å². The zero-order chi connectivity index (χ0) is 14.5. The average Bonchev–Trinajstić information content (AvgIpc) is 3.07. The van der Waals surface area contributed by atoms with Gasteiger partial charge in [0, 0.05) is 18.9 Å². The van der Waals surface area contributed by atoms with Crippen LogP contribution in [-0.2, 0) is 6.42 Å². The minimum atomic E-state index is -0.822. The maximum atomic E-state index is 11.4. The van der Waals surface area contributed by atoms with Crippen molar-refractivity contribution in [1.82, 2.24) is 9.88 Å². The molecular formula is C15H24N2O2S. The molecule has 0 saturated carbocycles. The van der Waals surface area contributed by atoms with Gasteiger partial charge in [0.1, 0.15) is 4.88 Å². The molecule has 1 saturated heterocycles. The van der Waals surface area contributed by atoms with Crippen LogP contribution in [0, 0.1) is 0 Å². The van der Waals surface area contributed by atoms with Crippen molar-refractivity contribution in [2.75, 3.05) is 19.6 Å². The Kier molecular flexibility index (Phi) is 5.54. The van der Waals surface area contributed by atoms with Gasteiger partial charge in [-0.3, -0.25) is 0 Å². The molecule has 1 fully saturated rings. The molecule has 0 aliphatic carbocycles. The number of rotatable bonds is 7. The van der Waals surface area contributed by atoms with E-state index in [0.29, 0.717) is 4.88 Å². The van der Waals surface area contributed by atoms with E-state index < -0.39 is 5.97 Å². The summed E-state index contributed by atoms with van der Waals surface area (Å²) in [5.74, 6) is -0.547. The minimum absolute atomic E-state index is 0.276. The van der Waals surface area contributed by atoms with Gasteiger partial charge in [0.2, 0.25) is 0 Å². The van der Waals surface area contributed by atoms with Gasteiger partial charge in [-0.1, -0.05) is 13.8 Å². The Balaban J connectivity index is 2.09. The van der Waals surface area contributed by atoms with Gasteiger partial charge in [0.25, 0.3) is 0 Å². The van der Waals surface area contributed by atoms with Gasteiger partial charge in [-0.25, -0.2) is 9.78 Å². The summed E-state index contributed by atoms with van der Waals surface area (Å²) in [5.41, 5.74) is 0.809. The van der Waals surface area contributed by atoms with Crippen LogP contribution in [0.15, 0.2) is 0 Å². The van der Waals surface area contributed by atoms with Crippen molar-refractivity contribution in [3.8, 4) is 0 Å². The number of thiazole rings is 1. The van der Waals surface area contributed by atoms with E-state index in [1.165, 1.54) is 37.3 Å². The van der Waals surface area contributed by atoms with Crippen molar-refractivity contribution in [2.45, 2.75) is 51.9 Å². The lowest BCUT2D eigenvalue weighted by Crippen LogP contribution is -2.21. The normalized spacial score (nSPS) is 16.1. The summed E-state index contributed by atoms with van der Waals surface area (Å²) in [6.07, 6.45) is 5.36. The van der Waals surface area contributed by atoms with Crippen molar-refractivity contribution in [3.05, 3.63) is 15.6 Å². The van der Waals surface area contributed by atoms with Crippen LogP contribution in [0.25, 0.3) is 0 Å². The Bertz CT molecular complexity index is 449. The molecule has 1 N–H and O–H groups in total. The third-order valence-corrected chi connectivity index (χ3v) is 5.22. The number of carbonyl (C=O) groups is 1. The van der Waals surface area contributed by atoms with E-state index in [1.54, 1.807) is 0 Å². The van der Waals surface area contributed by atoms with Crippen molar-refractivity contribution < 1.29 is 9.90 Å². The van der Waals surface area contributed by atoms with Gasteiger partial charge in [-0.15, -0.1) is 11.3 Å². The Hall–Kier alpha value is -0.940. The maximum Gasteiger partial charge on any atom is 0.347 e. The van der Waals surface area contributed by atoms with Crippen molar-refractivity contribution in [1.29, 1.82) is 0 Å². The molecule has 4 nitrogen and oxygen atoms in total. The first kappa shape index (κ1) is 15.4. The van der Waals surface area contributed by atoms with Crippen LogP contribution < -0.4 is 0 Å². The summed E-state index contributed by atoms with van der Waals surface area (Å²) in [6.45, 7) is 7.56. The highest BCUT2D eigenvalue weighted by Gasteiger charge is 2.23. The van der Waals surface area contributed by atoms with Gasteiger partial charge in [-0.05, 0) is 38.8 Å². The highest BCUT2D eigenvalue weighted by molar-refractivity contribution is 7.13. The second-order valence-corrected chi connectivity index (χ2v) is 6.52. The molecule has 0 bridgehead atoms. The second-order valence-electron chi connectivity index (χ2n) is 5.44. The Morgan fingerprint density at radius 3 is 2.55 bits per heavy atom. The van der Waals surface area contributed by atoms with E-state index in [2.05, 4.69) is 23.7 Å². The summed E-state index contributed by atoms with van der Waals surface area (Å²) in [4.78, 5) is 18.9. The number of nitrogens with zero attached hydrogens (tertiary/aromatic N) is 2.